The first-order chi connectivity index (χ1) is 16.4. The molecule has 0 saturated heterocycles. The maximum Gasteiger partial charge on any atom is 0.271 e. The van der Waals surface area contributed by atoms with E-state index in [2.05, 4.69) is 15.1 Å². The summed E-state index contributed by atoms with van der Waals surface area (Å²) >= 11 is 12.2. The number of rotatable bonds is 7. The van der Waals surface area contributed by atoms with Gasteiger partial charge in [-0.15, -0.1) is 0 Å². The highest BCUT2D eigenvalue weighted by molar-refractivity contribution is 6.35. The van der Waals surface area contributed by atoms with Crippen molar-refractivity contribution < 1.29 is 9.53 Å². The Hall–Kier alpha value is -3.54. The molecule has 0 bridgehead atoms. The molecule has 3 aromatic carbocycles. The van der Waals surface area contributed by atoms with E-state index < -0.39 is 0 Å². The Morgan fingerprint density at radius 1 is 1.00 bits per heavy atom. The summed E-state index contributed by atoms with van der Waals surface area (Å²) in [6.07, 6.45) is 1.66. The predicted octanol–water partition coefficient (Wildman–Crippen LogP) is 6.74. The molecule has 0 spiro atoms. The second-order valence-corrected chi connectivity index (χ2v) is 8.59. The van der Waals surface area contributed by atoms with Crippen LogP contribution < -0.4 is 10.2 Å². The van der Waals surface area contributed by atoms with Crippen LogP contribution in [0.4, 0.5) is 0 Å². The molecule has 0 fully saturated rings. The lowest BCUT2D eigenvalue weighted by Gasteiger charge is -2.12. The molecule has 4 rings (SSSR count). The third-order valence-electron chi connectivity index (χ3n) is 5.38. The van der Waals surface area contributed by atoms with Gasteiger partial charge in [0.15, 0.2) is 0 Å². The van der Waals surface area contributed by atoms with Crippen LogP contribution in [-0.4, -0.2) is 16.7 Å². The van der Waals surface area contributed by atoms with E-state index in [1.807, 2.05) is 68.4 Å². The van der Waals surface area contributed by atoms with E-state index in [0.29, 0.717) is 22.2 Å². The fourth-order valence-corrected chi connectivity index (χ4v) is 4.08. The summed E-state index contributed by atoms with van der Waals surface area (Å²) in [7, 11) is 0. The van der Waals surface area contributed by atoms with Crippen LogP contribution in [0.15, 0.2) is 84.0 Å². The van der Waals surface area contributed by atoms with Crippen LogP contribution in [-0.2, 0) is 6.61 Å². The van der Waals surface area contributed by atoms with E-state index in [1.54, 1.807) is 30.5 Å². The van der Waals surface area contributed by atoms with Crippen molar-refractivity contribution in [3.8, 4) is 11.4 Å². The molecule has 172 valence electrons. The van der Waals surface area contributed by atoms with Gasteiger partial charge in [-0.05, 0) is 68.4 Å². The Kier molecular flexibility index (Phi) is 7.36. The SMILES string of the molecule is Cc1cc(/C=N/NC(=O)c2ccccc2)c(C)n1-c1ccc(OCc2ccc(Cl)cc2Cl)cc1. The van der Waals surface area contributed by atoms with E-state index in [9.17, 15) is 4.79 Å². The molecule has 0 atom stereocenters. The molecule has 4 aromatic rings. The first-order valence-corrected chi connectivity index (χ1v) is 11.4. The fraction of sp³-hybridized carbons (Fsp3) is 0.111. The molecule has 1 amide bonds. The number of amides is 1. The van der Waals surface area contributed by atoms with E-state index in [0.717, 1.165) is 34.0 Å². The van der Waals surface area contributed by atoms with Gasteiger partial charge in [0.2, 0.25) is 0 Å². The quantitative estimate of drug-likeness (QED) is 0.229. The van der Waals surface area contributed by atoms with Crippen molar-refractivity contribution >= 4 is 35.3 Å². The number of hydrogen-bond acceptors (Lipinski definition) is 3. The predicted molar refractivity (Wildman–Crippen MR) is 138 cm³/mol. The van der Waals surface area contributed by atoms with Gasteiger partial charge in [-0.1, -0.05) is 47.5 Å². The summed E-state index contributed by atoms with van der Waals surface area (Å²) in [6, 6.07) is 24.2. The molecule has 7 heteroatoms. The van der Waals surface area contributed by atoms with Crippen LogP contribution in [0, 0.1) is 13.8 Å². The summed E-state index contributed by atoms with van der Waals surface area (Å²) in [5.74, 6) is 0.490. The normalized spacial score (nSPS) is 11.1. The second-order valence-electron chi connectivity index (χ2n) is 7.75. The number of hydrazone groups is 1. The zero-order chi connectivity index (χ0) is 24.1. The summed E-state index contributed by atoms with van der Waals surface area (Å²) in [4.78, 5) is 12.2. The minimum Gasteiger partial charge on any atom is -0.489 e. The third-order valence-corrected chi connectivity index (χ3v) is 5.97. The van der Waals surface area contributed by atoms with Crippen molar-refractivity contribution in [3.63, 3.8) is 0 Å². The molecular weight excluding hydrogens is 469 g/mol. The Morgan fingerprint density at radius 3 is 2.44 bits per heavy atom. The van der Waals surface area contributed by atoms with Gasteiger partial charge in [0.25, 0.3) is 5.91 Å². The number of ether oxygens (including phenoxy) is 1. The van der Waals surface area contributed by atoms with Crippen molar-refractivity contribution in [3.05, 3.63) is 117 Å². The third kappa shape index (κ3) is 5.50. The summed E-state index contributed by atoms with van der Waals surface area (Å²) < 4.78 is 8.01. The number of hydrogen-bond donors (Lipinski definition) is 1. The topological polar surface area (TPSA) is 55.6 Å². The van der Waals surface area contributed by atoms with E-state index >= 15 is 0 Å². The highest BCUT2D eigenvalue weighted by Crippen LogP contribution is 2.25. The van der Waals surface area contributed by atoms with Gasteiger partial charge in [-0.3, -0.25) is 4.79 Å². The van der Waals surface area contributed by atoms with Gasteiger partial charge >= 0.3 is 0 Å². The highest BCUT2D eigenvalue weighted by Gasteiger charge is 2.10. The van der Waals surface area contributed by atoms with Crippen molar-refractivity contribution in [2.45, 2.75) is 20.5 Å². The van der Waals surface area contributed by atoms with Crippen molar-refractivity contribution in [1.29, 1.82) is 0 Å². The Bertz CT molecular complexity index is 1330. The standard InChI is InChI=1S/C27H23Cl2N3O2/c1-18-14-22(16-30-31-27(33)20-6-4-3-5-7-20)19(2)32(18)24-10-12-25(13-11-24)34-17-21-8-9-23(28)15-26(21)29/h3-16H,17H2,1-2H3,(H,31,33)/b30-16+. The number of nitrogens with one attached hydrogen (secondary N) is 1. The maximum absolute atomic E-state index is 12.2. The molecule has 0 aliphatic carbocycles. The molecule has 0 unspecified atom stereocenters. The van der Waals surface area contributed by atoms with Crippen molar-refractivity contribution in [1.82, 2.24) is 9.99 Å². The van der Waals surface area contributed by atoms with Gasteiger partial charge in [-0.25, -0.2) is 5.43 Å². The first-order valence-electron chi connectivity index (χ1n) is 10.7. The van der Waals surface area contributed by atoms with Gasteiger partial charge in [0, 0.05) is 43.8 Å². The Morgan fingerprint density at radius 2 is 1.74 bits per heavy atom. The monoisotopic (exact) mass is 491 g/mol. The average molecular weight is 492 g/mol. The Balaban J connectivity index is 1.43. The van der Waals surface area contributed by atoms with Gasteiger partial charge in [-0.2, -0.15) is 5.10 Å². The summed E-state index contributed by atoms with van der Waals surface area (Å²) in [5.41, 5.74) is 7.99. The molecule has 1 N–H and O–H groups in total. The van der Waals surface area contributed by atoms with Crippen molar-refractivity contribution in [2.75, 3.05) is 0 Å². The van der Waals surface area contributed by atoms with Crippen LogP contribution in [0.3, 0.4) is 0 Å². The lowest BCUT2D eigenvalue weighted by molar-refractivity contribution is 0.0955. The van der Waals surface area contributed by atoms with E-state index in [4.69, 9.17) is 27.9 Å². The molecule has 1 aromatic heterocycles. The minimum atomic E-state index is -0.249. The van der Waals surface area contributed by atoms with Gasteiger partial charge in [0.1, 0.15) is 12.4 Å². The number of aryl methyl sites for hydroxylation is 1. The van der Waals surface area contributed by atoms with E-state index in [-0.39, 0.29) is 5.91 Å². The van der Waals surface area contributed by atoms with Crippen LogP contribution >= 0.6 is 23.2 Å². The molecule has 5 nitrogen and oxygen atoms in total. The highest BCUT2D eigenvalue weighted by atomic mass is 35.5. The number of carbonyl (C=O) groups excluding carboxylic acids is 1. The van der Waals surface area contributed by atoms with Crippen LogP contribution in [0.2, 0.25) is 10.0 Å². The molecule has 0 aliphatic rings. The number of halogens is 2. The molecular formula is C27H23Cl2N3O2. The molecule has 0 aliphatic heterocycles. The number of benzene rings is 3. The zero-order valence-corrected chi connectivity index (χ0v) is 20.3. The van der Waals surface area contributed by atoms with Crippen LogP contribution in [0.25, 0.3) is 5.69 Å². The largest absolute Gasteiger partial charge is 0.489 e. The number of aromatic nitrogens is 1. The second kappa shape index (κ2) is 10.6. The zero-order valence-electron chi connectivity index (χ0n) is 18.8. The Labute approximate surface area is 208 Å². The lowest BCUT2D eigenvalue weighted by atomic mass is 10.2. The maximum atomic E-state index is 12.2. The number of nitrogens with zero attached hydrogens (tertiary/aromatic N) is 2. The molecule has 0 saturated carbocycles. The summed E-state index contributed by atoms with van der Waals surface area (Å²) in [5, 5.41) is 5.31. The average Bonchev–Trinajstić information content (AvgIpc) is 3.12. The van der Waals surface area contributed by atoms with Crippen LogP contribution in [0.1, 0.15) is 32.9 Å². The minimum absolute atomic E-state index is 0.249. The van der Waals surface area contributed by atoms with E-state index in [1.165, 1.54) is 0 Å². The molecule has 34 heavy (non-hydrogen) atoms. The lowest BCUT2D eigenvalue weighted by Crippen LogP contribution is -2.17. The molecule has 1 heterocycles. The van der Waals surface area contributed by atoms with Crippen LogP contribution in [0.5, 0.6) is 5.75 Å². The summed E-state index contributed by atoms with van der Waals surface area (Å²) in [6.45, 7) is 4.40. The fourth-order valence-electron chi connectivity index (χ4n) is 3.62. The first kappa shape index (κ1) is 23.6. The van der Waals surface area contributed by atoms with Gasteiger partial charge in [0.05, 0.1) is 6.21 Å². The number of carbonyl (C=O) groups is 1. The smallest absolute Gasteiger partial charge is 0.271 e. The van der Waals surface area contributed by atoms with Gasteiger partial charge < -0.3 is 9.30 Å². The van der Waals surface area contributed by atoms with Crippen molar-refractivity contribution in [2.24, 2.45) is 5.10 Å². The molecule has 0 radical (unpaired) electrons.